The molecule has 2 aromatic heterocycles. The lowest BCUT2D eigenvalue weighted by molar-refractivity contribution is 0.397. The summed E-state index contributed by atoms with van der Waals surface area (Å²) in [7, 11) is 1.61. The van der Waals surface area contributed by atoms with Crippen LogP contribution in [0.4, 0.5) is 0 Å². The van der Waals surface area contributed by atoms with Gasteiger partial charge in [-0.2, -0.15) is 5.10 Å². The summed E-state index contributed by atoms with van der Waals surface area (Å²) in [5.74, 6) is 1.58. The third-order valence-corrected chi connectivity index (χ3v) is 2.57. The number of rotatable bonds is 7. The molecule has 0 amide bonds. The summed E-state index contributed by atoms with van der Waals surface area (Å²) in [5, 5.41) is 10.0. The van der Waals surface area contributed by atoms with Crippen LogP contribution in [0.15, 0.2) is 24.7 Å². The summed E-state index contributed by atoms with van der Waals surface area (Å²) in [6.07, 6.45) is 5.29. The predicted octanol–water partition coefficient (Wildman–Crippen LogP) is 0.931. The molecule has 2 heterocycles. The van der Waals surface area contributed by atoms with Gasteiger partial charge < -0.3 is 10.1 Å². The molecule has 0 saturated carbocycles. The molecule has 0 radical (unpaired) electrons. The predicted molar refractivity (Wildman–Crippen MR) is 67.2 cm³/mol. The fourth-order valence-corrected chi connectivity index (χ4v) is 1.60. The van der Waals surface area contributed by atoms with Crippen molar-refractivity contribution in [2.24, 2.45) is 0 Å². The monoisotopic (exact) mass is 247 g/mol. The van der Waals surface area contributed by atoms with Crippen LogP contribution in [0, 0.1) is 0 Å². The maximum absolute atomic E-state index is 5.01. The van der Waals surface area contributed by atoms with Gasteiger partial charge in [-0.15, -0.1) is 0 Å². The SMILES string of the molecule is COc1ccc(CNCCCc2ncn[nH]2)cn1. The minimum atomic E-state index is 0.643. The fraction of sp³-hybridized carbons (Fsp3) is 0.417. The van der Waals surface area contributed by atoms with Gasteiger partial charge in [0.25, 0.3) is 0 Å². The zero-order chi connectivity index (χ0) is 12.6. The van der Waals surface area contributed by atoms with Crippen molar-refractivity contribution in [3.8, 4) is 5.88 Å². The van der Waals surface area contributed by atoms with Crippen LogP contribution in [-0.4, -0.2) is 33.8 Å². The highest BCUT2D eigenvalue weighted by molar-refractivity contribution is 5.17. The Morgan fingerprint density at radius 2 is 2.28 bits per heavy atom. The van der Waals surface area contributed by atoms with E-state index in [9.17, 15) is 0 Å². The van der Waals surface area contributed by atoms with E-state index in [1.54, 1.807) is 7.11 Å². The second-order valence-corrected chi connectivity index (χ2v) is 3.92. The van der Waals surface area contributed by atoms with Gasteiger partial charge in [0.15, 0.2) is 0 Å². The zero-order valence-corrected chi connectivity index (χ0v) is 10.4. The van der Waals surface area contributed by atoms with Crippen LogP contribution >= 0.6 is 0 Å². The summed E-state index contributed by atoms with van der Waals surface area (Å²) >= 11 is 0. The first kappa shape index (κ1) is 12.5. The van der Waals surface area contributed by atoms with Crippen molar-refractivity contribution in [3.63, 3.8) is 0 Å². The average Bonchev–Trinajstić information content (AvgIpc) is 2.92. The Hall–Kier alpha value is -1.95. The van der Waals surface area contributed by atoms with Crippen molar-refractivity contribution in [2.75, 3.05) is 13.7 Å². The molecule has 0 aliphatic carbocycles. The second-order valence-electron chi connectivity index (χ2n) is 3.92. The standard InChI is InChI=1S/C12H17N5O/c1-18-12-5-4-10(8-14-12)7-13-6-2-3-11-15-9-16-17-11/h4-5,8-9,13H,2-3,6-7H2,1H3,(H,15,16,17). The molecule has 96 valence electrons. The molecule has 0 aromatic carbocycles. The lowest BCUT2D eigenvalue weighted by Gasteiger charge is -2.04. The molecule has 0 unspecified atom stereocenters. The number of hydrogen-bond acceptors (Lipinski definition) is 5. The molecular weight excluding hydrogens is 230 g/mol. The lowest BCUT2D eigenvalue weighted by Crippen LogP contribution is -2.15. The van der Waals surface area contributed by atoms with E-state index < -0.39 is 0 Å². The van der Waals surface area contributed by atoms with E-state index in [1.165, 1.54) is 6.33 Å². The molecule has 2 aromatic rings. The maximum Gasteiger partial charge on any atom is 0.212 e. The highest BCUT2D eigenvalue weighted by atomic mass is 16.5. The maximum atomic E-state index is 5.01. The first-order valence-electron chi connectivity index (χ1n) is 5.92. The first-order valence-corrected chi connectivity index (χ1v) is 5.92. The number of nitrogens with zero attached hydrogens (tertiary/aromatic N) is 3. The van der Waals surface area contributed by atoms with Crippen molar-refractivity contribution >= 4 is 0 Å². The van der Waals surface area contributed by atoms with Crippen LogP contribution in [0.1, 0.15) is 17.8 Å². The minimum Gasteiger partial charge on any atom is -0.481 e. The quantitative estimate of drug-likeness (QED) is 0.712. The van der Waals surface area contributed by atoms with Gasteiger partial charge in [0, 0.05) is 25.2 Å². The van der Waals surface area contributed by atoms with Crippen molar-refractivity contribution < 1.29 is 4.74 Å². The largest absolute Gasteiger partial charge is 0.481 e. The van der Waals surface area contributed by atoms with Crippen molar-refractivity contribution in [2.45, 2.75) is 19.4 Å². The van der Waals surface area contributed by atoms with Crippen molar-refractivity contribution in [3.05, 3.63) is 36.0 Å². The third-order valence-electron chi connectivity index (χ3n) is 2.57. The van der Waals surface area contributed by atoms with E-state index in [-0.39, 0.29) is 0 Å². The highest BCUT2D eigenvalue weighted by Crippen LogP contribution is 2.06. The number of pyridine rings is 1. The van der Waals surface area contributed by atoms with E-state index >= 15 is 0 Å². The van der Waals surface area contributed by atoms with Gasteiger partial charge in [-0.3, -0.25) is 5.10 Å². The summed E-state index contributed by atoms with van der Waals surface area (Å²) < 4.78 is 5.01. The Morgan fingerprint density at radius 3 is 2.94 bits per heavy atom. The number of aromatic nitrogens is 4. The fourth-order valence-electron chi connectivity index (χ4n) is 1.60. The van der Waals surface area contributed by atoms with Crippen LogP contribution in [0.2, 0.25) is 0 Å². The molecule has 6 nitrogen and oxygen atoms in total. The molecule has 0 aliphatic rings. The number of hydrogen-bond donors (Lipinski definition) is 2. The smallest absolute Gasteiger partial charge is 0.212 e. The Kier molecular flexibility index (Phi) is 4.66. The summed E-state index contributed by atoms with van der Waals surface area (Å²) in [4.78, 5) is 8.22. The zero-order valence-electron chi connectivity index (χ0n) is 10.4. The molecule has 0 saturated heterocycles. The number of aromatic amines is 1. The van der Waals surface area contributed by atoms with Crippen molar-refractivity contribution in [1.82, 2.24) is 25.5 Å². The summed E-state index contributed by atoms with van der Waals surface area (Å²) in [6, 6.07) is 3.88. The van der Waals surface area contributed by atoms with Gasteiger partial charge in [0.1, 0.15) is 12.2 Å². The molecule has 0 spiro atoms. The highest BCUT2D eigenvalue weighted by Gasteiger charge is 1.97. The molecular formula is C12H17N5O. The average molecular weight is 247 g/mol. The van der Waals surface area contributed by atoms with Crippen LogP contribution in [-0.2, 0) is 13.0 Å². The van der Waals surface area contributed by atoms with E-state index in [2.05, 4.69) is 25.5 Å². The number of nitrogens with one attached hydrogen (secondary N) is 2. The van der Waals surface area contributed by atoms with Gasteiger partial charge in [0.2, 0.25) is 5.88 Å². The summed E-state index contributed by atoms with van der Waals surface area (Å²) in [6.45, 7) is 1.75. The number of aryl methyl sites for hydroxylation is 1. The van der Waals surface area contributed by atoms with E-state index in [0.717, 1.165) is 37.3 Å². The lowest BCUT2D eigenvalue weighted by atomic mass is 10.2. The number of methoxy groups -OCH3 is 1. The van der Waals surface area contributed by atoms with E-state index in [4.69, 9.17) is 4.74 Å². The topological polar surface area (TPSA) is 75.7 Å². The Labute approximate surface area is 106 Å². The van der Waals surface area contributed by atoms with Gasteiger partial charge in [0.05, 0.1) is 7.11 Å². The van der Waals surface area contributed by atoms with Crippen LogP contribution in [0.5, 0.6) is 5.88 Å². The summed E-state index contributed by atoms with van der Waals surface area (Å²) in [5.41, 5.74) is 1.15. The number of ether oxygens (including phenoxy) is 1. The molecule has 2 N–H and O–H groups in total. The molecule has 6 heteroatoms. The van der Waals surface area contributed by atoms with Crippen LogP contribution in [0.25, 0.3) is 0 Å². The van der Waals surface area contributed by atoms with Crippen molar-refractivity contribution in [1.29, 1.82) is 0 Å². The number of H-pyrrole nitrogens is 1. The van der Waals surface area contributed by atoms with Gasteiger partial charge >= 0.3 is 0 Å². The Bertz CT molecular complexity index is 440. The van der Waals surface area contributed by atoms with Crippen LogP contribution in [0.3, 0.4) is 0 Å². The van der Waals surface area contributed by atoms with Gasteiger partial charge in [-0.25, -0.2) is 9.97 Å². The molecule has 0 aliphatic heterocycles. The van der Waals surface area contributed by atoms with E-state index in [1.807, 2.05) is 18.3 Å². The molecule has 0 bridgehead atoms. The normalized spacial score (nSPS) is 10.5. The Morgan fingerprint density at radius 1 is 1.33 bits per heavy atom. The molecule has 0 fully saturated rings. The second kappa shape index (κ2) is 6.70. The molecule has 2 rings (SSSR count). The van der Waals surface area contributed by atoms with E-state index in [0.29, 0.717) is 5.88 Å². The van der Waals surface area contributed by atoms with Gasteiger partial charge in [-0.1, -0.05) is 6.07 Å². The molecule has 18 heavy (non-hydrogen) atoms. The minimum absolute atomic E-state index is 0.643. The first-order chi connectivity index (χ1) is 8.88. The van der Waals surface area contributed by atoms with Crippen LogP contribution < -0.4 is 10.1 Å². The third kappa shape index (κ3) is 3.81. The van der Waals surface area contributed by atoms with Gasteiger partial charge in [-0.05, 0) is 18.5 Å². The molecule has 0 atom stereocenters. The Balaban J connectivity index is 1.62.